The van der Waals surface area contributed by atoms with E-state index in [1.807, 2.05) is 13.0 Å². The van der Waals surface area contributed by atoms with Crippen LogP contribution in [0.3, 0.4) is 0 Å². The topological polar surface area (TPSA) is 63.6 Å². The van der Waals surface area contributed by atoms with Gasteiger partial charge in [-0.05, 0) is 37.5 Å². The highest BCUT2D eigenvalue weighted by molar-refractivity contribution is 7.60. The summed E-state index contributed by atoms with van der Waals surface area (Å²) >= 11 is 0. The summed E-state index contributed by atoms with van der Waals surface area (Å²) in [5.41, 5.74) is 0.319. The summed E-state index contributed by atoms with van der Waals surface area (Å²) in [6.45, 7) is 6.36. The van der Waals surface area contributed by atoms with Gasteiger partial charge in [0.2, 0.25) is 7.37 Å². The summed E-state index contributed by atoms with van der Waals surface area (Å²) in [7, 11) is -2.93. The standard InChI is InChI=1S/C17H29O4P/c1-4-21-22(20,15-11-17(15,2)3)12-14(16(18)19)10-13-8-6-5-7-9-13/h10,13,15H,4-9,11-12H2,1-3H3,(H,18,19)/b14-10+. The molecular formula is C17H29O4P. The highest BCUT2D eigenvalue weighted by Crippen LogP contribution is 2.70. The fourth-order valence-electron chi connectivity index (χ4n) is 3.59. The van der Waals surface area contributed by atoms with Gasteiger partial charge >= 0.3 is 5.97 Å². The van der Waals surface area contributed by atoms with Crippen molar-refractivity contribution in [2.75, 3.05) is 12.8 Å². The molecule has 0 aromatic heterocycles. The molecule has 2 unspecified atom stereocenters. The number of hydrogen-bond acceptors (Lipinski definition) is 3. The van der Waals surface area contributed by atoms with Crippen molar-refractivity contribution in [3.63, 3.8) is 0 Å². The smallest absolute Gasteiger partial charge is 0.331 e. The lowest BCUT2D eigenvalue weighted by Gasteiger charge is -2.22. The van der Waals surface area contributed by atoms with Crippen LogP contribution < -0.4 is 0 Å². The molecule has 22 heavy (non-hydrogen) atoms. The highest BCUT2D eigenvalue weighted by Gasteiger charge is 2.57. The van der Waals surface area contributed by atoms with Crippen molar-refractivity contribution in [3.05, 3.63) is 11.6 Å². The molecule has 2 aliphatic rings. The first-order chi connectivity index (χ1) is 10.3. The molecule has 0 saturated heterocycles. The van der Waals surface area contributed by atoms with E-state index in [9.17, 15) is 14.5 Å². The van der Waals surface area contributed by atoms with E-state index in [4.69, 9.17) is 4.52 Å². The van der Waals surface area contributed by atoms with Gasteiger partial charge in [-0.25, -0.2) is 4.79 Å². The summed E-state index contributed by atoms with van der Waals surface area (Å²) in [6.07, 6.45) is 8.46. The molecule has 0 spiro atoms. The van der Waals surface area contributed by atoms with Gasteiger partial charge in [-0.3, -0.25) is 4.57 Å². The maximum atomic E-state index is 13.2. The first-order valence-corrected chi connectivity index (χ1v) is 10.3. The molecule has 4 nitrogen and oxygen atoms in total. The molecule has 0 radical (unpaired) electrons. The summed E-state index contributed by atoms with van der Waals surface area (Å²) in [5.74, 6) is -0.619. The van der Waals surface area contributed by atoms with Gasteiger partial charge in [0.15, 0.2) is 0 Å². The van der Waals surface area contributed by atoms with Gasteiger partial charge in [-0.2, -0.15) is 0 Å². The average Bonchev–Trinajstić information content (AvgIpc) is 3.09. The Bertz CT molecular complexity index is 489. The van der Waals surface area contributed by atoms with Crippen LogP contribution in [-0.4, -0.2) is 29.5 Å². The van der Waals surface area contributed by atoms with Gasteiger partial charge in [0.1, 0.15) is 0 Å². The second-order valence-corrected chi connectivity index (χ2v) is 10.1. The Kier molecular flexibility index (Phi) is 5.55. The van der Waals surface area contributed by atoms with Crippen molar-refractivity contribution in [2.24, 2.45) is 11.3 Å². The number of aliphatic carboxylic acids is 1. The molecule has 0 bridgehead atoms. The first-order valence-electron chi connectivity index (χ1n) is 8.46. The molecule has 5 heteroatoms. The SMILES string of the molecule is CCOP(=O)(C/C(=C\C1CCCCC1)C(=O)O)C1CC1(C)C. The summed E-state index contributed by atoms with van der Waals surface area (Å²) in [5, 5.41) is 9.52. The lowest BCUT2D eigenvalue weighted by atomic mass is 9.88. The Labute approximate surface area is 133 Å². The minimum atomic E-state index is -2.93. The van der Waals surface area contributed by atoms with E-state index in [0.717, 1.165) is 32.1 Å². The van der Waals surface area contributed by atoms with E-state index in [2.05, 4.69) is 13.8 Å². The number of carbonyl (C=O) groups is 1. The number of allylic oxidation sites excluding steroid dienone is 1. The highest BCUT2D eigenvalue weighted by atomic mass is 31.2. The summed E-state index contributed by atoms with van der Waals surface area (Å²) in [4.78, 5) is 11.6. The summed E-state index contributed by atoms with van der Waals surface area (Å²) in [6, 6.07) is 0. The average molecular weight is 328 g/mol. The van der Waals surface area contributed by atoms with Crippen molar-refractivity contribution in [2.45, 2.75) is 65.0 Å². The van der Waals surface area contributed by atoms with Crippen LogP contribution in [0.15, 0.2) is 11.6 Å². The molecule has 1 N–H and O–H groups in total. The Balaban J connectivity index is 2.15. The predicted octanol–water partition coefficient (Wildman–Crippen LogP) is 4.69. The van der Waals surface area contributed by atoms with Gasteiger partial charge in [-0.15, -0.1) is 0 Å². The van der Waals surface area contributed by atoms with E-state index < -0.39 is 13.3 Å². The van der Waals surface area contributed by atoms with Crippen LogP contribution in [0.4, 0.5) is 0 Å². The number of carboxylic acids is 1. The maximum absolute atomic E-state index is 13.2. The second kappa shape index (κ2) is 6.88. The van der Waals surface area contributed by atoms with Crippen LogP contribution >= 0.6 is 7.37 Å². The third kappa shape index (κ3) is 4.23. The second-order valence-electron chi connectivity index (χ2n) is 7.41. The van der Waals surface area contributed by atoms with Gasteiger partial charge in [-0.1, -0.05) is 39.2 Å². The normalized spacial score (nSPS) is 28.1. The third-order valence-electron chi connectivity index (χ3n) is 5.04. The molecule has 2 saturated carbocycles. The van der Waals surface area contributed by atoms with E-state index in [0.29, 0.717) is 18.1 Å². The third-order valence-corrected chi connectivity index (χ3v) is 8.34. The zero-order valence-corrected chi connectivity index (χ0v) is 14.9. The zero-order valence-electron chi connectivity index (χ0n) is 14.0. The van der Waals surface area contributed by atoms with Crippen molar-refractivity contribution in [3.8, 4) is 0 Å². The number of rotatable bonds is 7. The number of carboxylic acid groups (broad SMARTS) is 1. The van der Waals surface area contributed by atoms with E-state index in [-0.39, 0.29) is 17.2 Å². The zero-order chi connectivity index (χ0) is 16.4. The molecule has 0 heterocycles. The molecule has 0 aliphatic heterocycles. The van der Waals surface area contributed by atoms with Gasteiger partial charge in [0.05, 0.1) is 12.8 Å². The van der Waals surface area contributed by atoms with Crippen molar-refractivity contribution in [1.29, 1.82) is 0 Å². The fraction of sp³-hybridized carbons (Fsp3) is 0.824. The lowest BCUT2D eigenvalue weighted by molar-refractivity contribution is -0.132. The molecule has 0 amide bonds. The van der Waals surface area contributed by atoms with E-state index >= 15 is 0 Å². The Hall–Kier alpha value is -0.600. The molecule has 2 rings (SSSR count). The van der Waals surface area contributed by atoms with Crippen LogP contribution in [0, 0.1) is 11.3 Å². The lowest BCUT2D eigenvalue weighted by Crippen LogP contribution is -2.14. The van der Waals surface area contributed by atoms with Crippen LogP contribution in [0.2, 0.25) is 0 Å². The van der Waals surface area contributed by atoms with Gasteiger partial charge < -0.3 is 9.63 Å². The van der Waals surface area contributed by atoms with Crippen LogP contribution in [0.5, 0.6) is 0 Å². The number of hydrogen-bond donors (Lipinski definition) is 1. The Morgan fingerprint density at radius 2 is 1.91 bits per heavy atom. The fourth-order valence-corrected chi connectivity index (χ4v) is 7.05. The van der Waals surface area contributed by atoms with Gasteiger partial charge in [0, 0.05) is 11.2 Å². The molecule has 0 aromatic rings. The van der Waals surface area contributed by atoms with E-state index in [1.54, 1.807) is 0 Å². The predicted molar refractivity (Wildman–Crippen MR) is 88.6 cm³/mol. The molecule has 126 valence electrons. The molecule has 2 fully saturated rings. The monoisotopic (exact) mass is 328 g/mol. The van der Waals surface area contributed by atoms with Crippen LogP contribution in [0.25, 0.3) is 0 Å². The maximum Gasteiger partial charge on any atom is 0.331 e. The molecular weight excluding hydrogens is 299 g/mol. The Morgan fingerprint density at radius 3 is 2.36 bits per heavy atom. The van der Waals surface area contributed by atoms with Crippen LogP contribution in [0.1, 0.15) is 59.3 Å². The quantitative estimate of drug-likeness (QED) is 0.544. The minimum Gasteiger partial charge on any atom is -0.478 e. The van der Waals surface area contributed by atoms with E-state index in [1.165, 1.54) is 6.42 Å². The van der Waals surface area contributed by atoms with Crippen molar-refractivity contribution >= 4 is 13.3 Å². The minimum absolute atomic E-state index is 0.00839. The van der Waals surface area contributed by atoms with Crippen LogP contribution in [-0.2, 0) is 13.9 Å². The van der Waals surface area contributed by atoms with Gasteiger partial charge in [0.25, 0.3) is 0 Å². The first kappa shape index (κ1) is 17.7. The molecule has 0 aromatic carbocycles. The van der Waals surface area contributed by atoms with Crippen molar-refractivity contribution in [1.82, 2.24) is 0 Å². The Morgan fingerprint density at radius 1 is 1.32 bits per heavy atom. The van der Waals surface area contributed by atoms with Crippen molar-refractivity contribution < 1.29 is 19.0 Å². The molecule has 2 aliphatic carbocycles. The summed E-state index contributed by atoms with van der Waals surface area (Å²) < 4.78 is 18.8. The molecule has 2 atom stereocenters. The largest absolute Gasteiger partial charge is 0.478 e.